The van der Waals surface area contributed by atoms with Gasteiger partial charge in [-0.3, -0.25) is 9.59 Å². The SMILES string of the molecule is CC(C)C(=O)OCC(C)C(c1ccc(OC(=O)OC(C)C(C)C)c(OC(=O)OC(C)C(C)C)c1)[C@H](N)C(=O)O. The highest BCUT2D eigenvalue weighted by atomic mass is 16.7. The lowest BCUT2D eigenvalue weighted by molar-refractivity contribution is -0.149. The van der Waals surface area contributed by atoms with Crippen molar-refractivity contribution in [3.05, 3.63) is 23.8 Å². The smallest absolute Gasteiger partial charge is 0.480 e. The van der Waals surface area contributed by atoms with Gasteiger partial charge in [0.15, 0.2) is 11.5 Å². The molecule has 220 valence electrons. The molecule has 0 aliphatic heterocycles. The predicted octanol–water partition coefficient (Wildman–Crippen LogP) is 5.14. The van der Waals surface area contributed by atoms with Crippen LogP contribution in [0, 0.1) is 23.7 Å². The molecule has 0 saturated carbocycles. The summed E-state index contributed by atoms with van der Waals surface area (Å²) in [6, 6.07) is 2.81. The largest absolute Gasteiger partial charge is 0.514 e. The number of benzene rings is 1. The van der Waals surface area contributed by atoms with Gasteiger partial charge in [0.05, 0.1) is 12.5 Å². The van der Waals surface area contributed by atoms with Gasteiger partial charge in [-0.25, -0.2) is 9.59 Å². The van der Waals surface area contributed by atoms with E-state index in [1.165, 1.54) is 18.2 Å². The highest BCUT2D eigenvalue weighted by Crippen LogP contribution is 2.36. The fraction of sp³-hybridized carbons (Fsp3) is 0.643. The minimum absolute atomic E-state index is 0.0134. The second-order valence-electron chi connectivity index (χ2n) is 10.7. The van der Waals surface area contributed by atoms with Gasteiger partial charge in [0.1, 0.15) is 18.2 Å². The Hall–Kier alpha value is -3.34. The van der Waals surface area contributed by atoms with E-state index in [1.54, 1.807) is 34.6 Å². The van der Waals surface area contributed by atoms with Crippen molar-refractivity contribution in [2.24, 2.45) is 29.4 Å². The summed E-state index contributed by atoms with van der Waals surface area (Å²) >= 11 is 0. The number of aliphatic carboxylic acids is 1. The zero-order chi connectivity index (χ0) is 30.0. The van der Waals surface area contributed by atoms with Gasteiger partial charge in [0.25, 0.3) is 0 Å². The number of hydrogen-bond donors (Lipinski definition) is 2. The molecule has 0 aromatic heterocycles. The second-order valence-corrected chi connectivity index (χ2v) is 10.7. The molecule has 39 heavy (non-hydrogen) atoms. The normalized spacial score (nSPS) is 15.2. The molecule has 11 nitrogen and oxygen atoms in total. The molecular formula is C28H43NO10. The van der Waals surface area contributed by atoms with Crippen molar-refractivity contribution in [1.82, 2.24) is 0 Å². The number of carbonyl (C=O) groups excluding carboxylic acids is 3. The zero-order valence-corrected chi connectivity index (χ0v) is 24.3. The predicted molar refractivity (Wildman–Crippen MR) is 143 cm³/mol. The van der Waals surface area contributed by atoms with E-state index in [1.807, 2.05) is 27.7 Å². The van der Waals surface area contributed by atoms with Gasteiger partial charge in [0, 0.05) is 5.92 Å². The Kier molecular flexibility index (Phi) is 13.2. The summed E-state index contributed by atoms with van der Waals surface area (Å²) in [7, 11) is 0. The molecule has 11 heteroatoms. The minimum atomic E-state index is -1.39. The summed E-state index contributed by atoms with van der Waals surface area (Å²) in [5.41, 5.74) is 6.39. The van der Waals surface area contributed by atoms with E-state index < -0.39 is 54.3 Å². The molecule has 0 spiro atoms. The number of carbonyl (C=O) groups is 4. The molecule has 0 saturated heterocycles. The minimum Gasteiger partial charge on any atom is -0.480 e. The Morgan fingerprint density at radius 3 is 1.72 bits per heavy atom. The van der Waals surface area contributed by atoms with Crippen LogP contribution in [0.5, 0.6) is 11.5 Å². The third-order valence-electron chi connectivity index (χ3n) is 6.43. The van der Waals surface area contributed by atoms with Gasteiger partial charge in [-0.15, -0.1) is 0 Å². The first-order valence-electron chi connectivity index (χ1n) is 13.1. The Bertz CT molecular complexity index is 991. The first-order valence-corrected chi connectivity index (χ1v) is 13.1. The van der Waals surface area contributed by atoms with Crippen molar-refractivity contribution in [1.29, 1.82) is 0 Å². The maximum Gasteiger partial charge on any atom is 0.514 e. The monoisotopic (exact) mass is 553 g/mol. The molecule has 1 aromatic carbocycles. The van der Waals surface area contributed by atoms with Crippen molar-refractivity contribution < 1.29 is 48.0 Å². The number of ether oxygens (including phenoxy) is 5. The van der Waals surface area contributed by atoms with Crippen molar-refractivity contribution >= 4 is 24.2 Å². The summed E-state index contributed by atoms with van der Waals surface area (Å²) in [6.45, 7) is 15.9. The van der Waals surface area contributed by atoms with Gasteiger partial charge in [-0.1, -0.05) is 54.5 Å². The molecular weight excluding hydrogens is 510 g/mol. The molecule has 0 fully saturated rings. The summed E-state index contributed by atoms with van der Waals surface area (Å²) in [4.78, 5) is 48.8. The van der Waals surface area contributed by atoms with E-state index in [4.69, 9.17) is 29.4 Å². The summed E-state index contributed by atoms with van der Waals surface area (Å²) in [5, 5.41) is 9.67. The number of esters is 1. The lowest BCUT2D eigenvalue weighted by Gasteiger charge is -2.28. The summed E-state index contributed by atoms with van der Waals surface area (Å²) in [6.07, 6.45) is -2.96. The van der Waals surface area contributed by atoms with E-state index in [0.717, 1.165) is 0 Å². The second kappa shape index (κ2) is 15.3. The van der Waals surface area contributed by atoms with E-state index >= 15 is 0 Å². The summed E-state index contributed by atoms with van der Waals surface area (Å²) < 4.78 is 26.6. The van der Waals surface area contributed by atoms with Crippen LogP contribution < -0.4 is 15.2 Å². The maximum atomic E-state index is 12.5. The standard InChI is InChI=1S/C28H43NO10/c1-14(2)18(8)36-27(33)38-21-11-10-20(12-22(21)39-28(34)37-19(9)15(3)4)23(24(29)25(30)31)17(7)13-35-26(32)16(5)6/h10-12,14-19,23-24H,13,29H2,1-9H3,(H,30,31)/t17?,18?,19?,23?,24-/m0/s1. The molecule has 0 bridgehead atoms. The van der Waals surface area contributed by atoms with Crippen LogP contribution in [0.2, 0.25) is 0 Å². The number of nitrogens with two attached hydrogens (primary N) is 1. The first-order chi connectivity index (χ1) is 18.0. The van der Waals surface area contributed by atoms with Crippen molar-refractivity contribution in [2.75, 3.05) is 6.61 Å². The molecule has 0 radical (unpaired) electrons. The highest BCUT2D eigenvalue weighted by molar-refractivity contribution is 5.75. The molecule has 0 aliphatic carbocycles. The average Bonchev–Trinajstić information content (AvgIpc) is 2.83. The van der Waals surface area contributed by atoms with Crippen molar-refractivity contribution in [3.8, 4) is 11.5 Å². The Labute approximate surface area is 230 Å². The highest BCUT2D eigenvalue weighted by Gasteiger charge is 2.33. The van der Waals surface area contributed by atoms with Gasteiger partial charge in [-0.2, -0.15) is 0 Å². The van der Waals surface area contributed by atoms with Crippen LogP contribution in [-0.4, -0.2) is 54.2 Å². The van der Waals surface area contributed by atoms with Gasteiger partial charge < -0.3 is 34.5 Å². The molecule has 5 atom stereocenters. The molecule has 0 heterocycles. The zero-order valence-electron chi connectivity index (χ0n) is 24.3. The number of carboxylic acids is 1. The number of rotatable bonds is 13. The lowest BCUT2D eigenvalue weighted by Crippen LogP contribution is -2.40. The van der Waals surface area contributed by atoms with Crippen LogP contribution in [0.15, 0.2) is 18.2 Å². The van der Waals surface area contributed by atoms with E-state index in [-0.39, 0.29) is 35.9 Å². The first kappa shape index (κ1) is 33.7. The quantitative estimate of drug-likeness (QED) is 0.189. The Balaban J connectivity index is 3.42. The van der Waals surface area contributed by atoms with Crippen LogP contribution >= 0.6 is 0 Å². The number of hydrogen-bond acceptors (Lipinski definition) is 10. The van der Waals surface area contributed by atoms with Crippen LogP contribution in [0.1, 0.15) is 73.8 Å². The lowest BCUT2D eigenvalue weighted by atomic mass is 9.82. The molecule has 1 aromatic rings. The molecule has 3 N–H and O–H groups in total. The molecule has 0 amide bonds. The van der Waals surface area contributed by atoms with Crippen LogP contribution in [0.25, 0.3) is 0 Å². The van der Waals surface area contributed by atoms with Gasteiger partial charge in [-0.05, 0) is 49.3 Å². The van der Waals surface area contributed by atoms with Gasteiger partial charge in [0.2, 0.25) is 0 Å². The molecule has 1 rings (SSSR count). The third-order valence-corrected chi connectivity index (χ3v) is 6.43. The Morgan fingerprint density at radius 1 is 0.795 bits per heavy atom. The van der Waals surface area contributed by atoms with Crippen LogP contribution in [0.3, 0.4) is 0 Å². The Morgan fingerprint density at radius 2 is 1.28 bits per heavy atom. The molecule has 0 aliphatic rings. The maximum absolute atomic E-state index is 12.5. The third kappa shape index (κ3) is 10.7. The van der Waals surface area contributed by atoms with Gasteiger partial charge >= 0.3 is 24.2 Å². The molecule has 4 unspecified atom stereocenters. The van der Waals surface area contributed by atoms with E-state index in [9.17, 15) is 24.3 Å². The topological polar surface area (TPSA) is 161 Å². The van der Waals surface area contributed by atoms with Crippen LogP contribution in [0.4, 0.5) is 9.59 Å². The summed E-state index contributed by atoms with van der Waals surface area (Å²) in [5.74, 6) is -3.77. The van der Waals surface area contributed by atoms with E-state index in [0.29, 0.717) is 5.56 Å². The fourth-order valence-electron chi connectivity index (χ4n) is 3.23. The number of carboxylic acid groups (broad SMARTS) is 1. The average molecular weight is 554 g/mol. The fourth-order valence-corrected chi connectivity index (χ4v) is 3.23. The van der Waals surface area contributed by atoms with Crippen molar-refractivity contribution in [3.63, 3.8) is 0 Å². The van der Waals surface area contributed by atoms with Crippen molar-refractivity contribution in [2.45, 2.75) is 86.5 Å². The van der Waals surface area contributed by atoms with E-state index in [2.05, 4.69) is 0 Å². The van der Waals surface area contributed by atoms with Crippen LogP contribution in [-0.2, 0) is 23.8 Å².